The van der Waals surface area contributed by atoms with Crippen LogP contribution < -0.4 is 5.32 Å². The van der Waals surface area contributed by atoms with Crippen LogP contribution in [0.1, 0.15) is 38.6 Å². The molecule has 9 heteroatoms. The number of hydrogen-bond donors (Lipinski definition) is 1. The third-order valence-electron chi connectivity index (χ3n) is 4.30. The van der Waals surface area contributed by atoms with Crippen LogP contribution in [0.2, 0.25) is 0 Å². The number of rotatable bonds is 3. The van der Waals surface area contributed by atoms with Crippen molar-refractivity contribution >= 4 is 47.4 Å². The molecule has 0 aliphatic carbocycles. The lowest BCUT2D eigenvalue weighted by molar-refractivity contribution is 0.0137. The zero-order chi connectivity index (χ0) is 18.0. The number of hydrogen-bond acceptors (Lipinski definition) is 7. The molecular formula is C17H28IN5O2S. The van der Waals surface area contributed by atoms with Crippen molar-refractivity contribution in [1.82, 2.24) is 20.1 Å². The number of guanidine groups is 1. The number of nitrogens with zero attached hydrogens (tertiary/aromatic N) is 4. The van der Waals surface area contributed by atoms with Crippen molar-refractivity contribution in [3.63, 3.8) is 0 Å². The van der Waals surface area contributed by atoms with E-state index >= 15 is 0 Å². The van der Waals surface area contributed by atoms with Gasteiger partial charge in [-0.3, -0.25) is 4.99 Å². The van der Waals surface area contributed by atoms with Crippen molar-refractivity contribution in [1.29, 1.82) is 0 Å². The molecule has 0 spiro atoms. The molecule has 2 aliphatic rings. The van der Waals surface area contributed by atoms with E-state index in [1.54, 1.807) is 16.2 Å². The molecule has 1 fully saturated rings. The van der Waals surface area contributed by atoms with E-state index in [1.165, 1.54) is 0 Å². The van der Waals surface area contributed by atoms with Crippen LogP contribution in [0.3, 0.4) is 0 Å². The molecule has 1 amide bonds. The molecule has 7 nitrogen and oxygen atoms in total. The molecule has 2 unspecified atom stereocenters. The van der Waals surface area contributed by atoms with Crippen LogP contribution in [0.4, 0.5) is 4.79 Å². The molecule has 3 rings (SSSR count). The topological polar surface area (TPSA) is 70.1 Å². The molecule has 0 saturated carbocycles. The second-order valence-electron chi connectivity index (χ2n) is 7.59. The third-order valence-corrected chi connectivity index (χ3v) is 5.30. The van der Waals surface area contributed by atoms with Gasteiger partial charge in [0.25, 0.3) is 0 Å². The van der Waals surface area contributed by atoms with E-state index in [9.17, 15) is 4.79 Å². The molecule has 1 saturated heterocycles. The molecule has 0 aromatic carbocycles. The Labute approximate surface area is 176 Å². The summed E-state index contributed by atoms with van der Waals surface area (Å²) in [7, 11) is 0. The van der Waals surface area contributed by atoms with E-state index in [2.05, 4.69) is 27.1 Å². The molecule has 2 atom stereocenters. The SMILES string of the molecule is CC(CNC1=NCC2CN(C(=O)OC(C)(C)C)CCN12)c1nccs1.I. The maximum atomic E-state index is 12.3. The van der Waals surface area contributed by atoms with Gasteiger partial charge in [-0.2, -0.15) is 0 Å². The van der Waals surface area contributed by atoms with Crippen molar-refractivity contribution in [2.75, 3.05) is 32.7 Å². The number of halogens is 1. The number of piperazine rings is 1. The van der Waals surface area contributed by atoms with Crippen LogP contribution >= 0.6 is 35.3 Å². The Hall–Kier alpha value is -1.10. The van der Waals surface area contributed by atoms with Crippen molar-refractivity contribution in [3.8, 4) is 0 Å². The molecule has 26 heavy (non-hydrogen) atoms. The smallest absolute Gasteiger partial charge is 0.410 e. The fraction of sp³-hybridized carbons (Fsp3) is 0.706. The van der Waals surface area contributed by atoms with Gasteiger partial charge in [0.1, 0.15) is 5.60 Å². The zero-order valence-corrected chi connectivity index (χ0v) is 18.9. The number of thiazole rings is 1. The molecule has 3 heterocycles. The molecule has 1 aromatic heterocycles. The van der Waals surface area contributed by atoms with Gasteiger partial charge in [-0.05, 0) is 20.8 Å². The Morgan fingerprint density at radius 2 is 2.23 bits per heavy atom. The van der Waals surface area contributed by atoms with Gasteiger partial charge >= 0.3 is 6.09 Å². The Kier molecular flexibility index (Phi) is 7.12. The minimum Gasteiger partial charge on any atom is -0.444 e. The summed E-state index contributed by atoms with van der Waals surface area (Å²) in [5.74, 6) is 1.29. The van der Waals surface area contributed by atoms with Crippen molar-refractivity contribution < 1.29 is 9.53 Å². The predicted octanol–water partition coefficient (Wildman–Crippen LogP) is 2.75. The normalized spacial score (nSPS) is 20.8. The second kappa shape index (κ2) is 8.73. The van der Waals surface area contributed by atoms with Gasteiger partial charge < -0.3 is 19.9 Å². The highest BCUT2D eigenvalue weighted by Crippen LogP contribution is 2.20. The third kappa shape index (κ3) is 5.21. The Bertz CT molecular complexity index is 632. The molecule has 1 aromatic rings. The molecule has 1 N–H and O–H groups in total. The van der Waals surface area contributed by atoms with E-state index in [-0.39, 0.29) is 36.1 Å². The van der Waals surface area contributed by atoms with E-state index < -0.39 is 5.60 Å². The van der Waals surface area contributed by atoms with Gasteiger partial charge in [0.15, 0.2) is 5.96 Å². The summed E-state index contributed by atoms with van der Waals surface area (Å²) < 4.78 is 5.48. The quantitative estimate of drug-likeness (QED) is 0.656. The van der Waals surface area contributed by atoms with Gasteiger partial charge in [0.2, 0.25) is 0 Å². The summed E-state index contributed by atoms with van der Waals surface area (Å²) >= 11 is 1.68. The minimum atomic E-state index is -0.459. The maximum absolute atomic E-state index is 12.3. The minimum absolute atomic E-state index is 0. The highest BCUT2D eigenvalue weighted by Gasteiger charge is 2.36. The molecule has 146 valence electrons. The van der Waals surface area contributed by atoms with Gasteiger partial charge in [-0.15, -0.1) is 35.3 Å². The number of carbonyl (C=O) groups is 1. The number of carbonyl (C=O) groups excluding carboxylic acids is 1. The first kappa shape index (κ1) is 21.2. The first-order chi connectivity index (χ1) is 11.8. The van der Waals surface area contributed by atoms with Gasteiger partial charge in [0, 0.05) is 43.7 Å². The summed E-state index contributed by atoms with van der Waals surface area (Å²) in [5, 5.41) is 6.60. The molecule has 2 aliphatic heterocycles. The molecular weight excluding hydrogens is 465 g/mol. The van der Waals surface area contributed by atoms with E-state index in [4.69, 9.17) is 4.74 Å². The number of aliphatic imine (C=N–C) groups is 1. The number of amides is 1. The van der Waals surface area contributed by atoms with E-state index in [0.717, 1.165) is 24.1 Å². The van der Waals surface area contributed by atoms with Gasteiger partial charge in [-0.1, -0.05) is 6.92 Å². The average Bonchev–Trinajstić information content (AvgIpc) is 3.20. The summed E-state index contributed by atoms with van der Waals surface area (Å²) in [4.78, 5) is 25.3. The van der Waals surface area contributed by atoms with E-state index in [1.807, 2.05) is 32.3 Å². The number of nitrogens with one attached hydrogen (secondary N) is 1. The Balaban J connectivity index is 0.00000243. The van der Waals surface area contributed by atoms with Crippen LogP contribution in [0.5, 0.6) is 0 Å². The van der Waals surface area contributed by atoms with Crippen molar-refractivity contribution in [2.45, 2.75) is 45.3 Å². The second-order valence-corrected chi connectivity index (χ2v) is 8.52. The number of aromatic nitrogens is 1. The van der Waals surface area contributed by atoms with Crippen molar-refractivity contribution in [3.05, 3.63) is 16.6 Å². The zero-order valence-electron chi connectivity index (χ0n) is 15.8. The molecule has 0 bridgehead atoms. The number of fused-ring (bicyclic) bond motifs is 1. The summed E-state index contributed by atoms with van der Waals surface area (Å²) in [6.07, 6.45) is 1.61. The first-order valence-corrected chi connectivity index (χ1v) is 9.64. The lowest BCUT2D eigenvalue weighted by Crippen LogP contribution is -2.57. The van der Waals surface area contributed by atoms with Crippen LogP contribution in [-0.4, -0.2) is 71.2 Å². The number of ether oxygens (including phenoxy) is 1. The Morgan fingerprint density at radius 1 is 1.46 bits per heavy atom. The van der Waals surface area contributed by atoms with Crippen LogP contribution in [0, 0.1) is 0 Å². The largest absolute Gasteiger partial charge is 0.444 e. The van der Waals surface area contributed by atoms with Crippen LogP contribution in [0.15, 0.2) is 16.6 Å². The van der Waals surface area contributed by atoms with Crippen LogP contribution in [0.25, 0.3) is 0 Å². The average molecular weight is 493 g/mol. The summed E-state index contributed by atoms with van der Waals surface area (Å²) in [5.41, 5.74) is -0.459. The van der Waals surface area contributed by atoms with Crippen molar-refractivity contribution in [2.24, 2.45) is 4.99 Å². The fourth-order valence-corrected chi connectivity index (χ4v) is 3.73. The fourth-order valence-electron chi connectivity index (χ4n) is 3.03. The Morgan fingerprint density at radius 3 is 2.88 bits per heavy atom. The summed E-state index contributed by atoms with van der Waals surface area (Å²) in [6, 6.07) is 0.235. The highest BCUT2D eigenvalue weighted by atomic mass is 127. The van der Waals surface area contributed by atoms with E-state index in [0.29, 0.717) is 25.6 Å². The lowest BCUT2D eigenvalue weighted by atomic mass is 10.2. The monoisotopic (exact) mass is 493 g/mol. The van der Waals surface area contributed by atoms with Gasteiger partial charge in [0.05, 0.1) is 17.6 Å². The van der Waals surface area contributed by atoms with Crippen LogP contribution in [-0.2, 0) is 4.74 Å². The molecule has 0 radical (unpaired) electrons. The standard InChI is InChI=1S/C17H27N5O2S.HI/c1-12(14-18-5-8-25-14)9-19-15-20-10-13-11-21(6-7-22(13)15)16(23)24-17(2,3)4;/h5,8,12-13H,6-7,9-11H2,1-4H3,(H,19,20);1H. The van der Waals surface area contributed by atoms with Gasteiger partial charge in [-0.25, -0.2) is 9.78 Å². The summed E-state index contributed by atoms with van der Waals surface area (Å²) in [6.45, 7) is 11.5. The lowest BCUT2D eigenvalue weighted by Gasteiger charge is -2.39. The highest BCUT2D eigenvalue weighted by molar-refractivity contribution is 14.0. The first-order valence-electron chi connectivity index (χ1n) is 8.76. The maximum Gasteiger partial charge on any atom is 0.410 e. The predicted molar refractivity (Wildman–Crippen MR) is 115 cm³/mol.